The smallest absolute Gasteiger partial charge is 0.306 e. The van der Waals surface area contributed by atoms with Gasteiger partial charge in [-0.1, -0.05) is 36.8 Å². The number of benzene rings is 2. The van der Waals surface area contributed by atoms with Gasteiger partial charge in [-0.3, -0.25) is 14.5 Å². The number of nitrogens with zero attached hydrogens (tertiary/aromatic N) is 1. The second kappa shape index (κ2) is 10.1. The molecule has 0 saturated carbocycles. The molecule has 0 aliphatic carbocycles. The number of aromatic hydroxyl groups is 1. The lowest BCUT2D eigenvalue weighted by Crippen LogP contribution is -2.29. The summed E-state index contributed by atoms with van der Waals surface area (Å²) in [6, 6.07) is 12.6. The van der Waals surface area contributed by atoms with Crippen molar-refractivity contribution in [3.63, 3.8) is 0 Å². The molecule has 4 rings (SSSR count). The van der Waals surface area contributed by atoms with Gasteiger partial charge >= 0.3 is 5.97 Å². The van der Waals surface area contributed by atoms with E-state index in [-0.39, 0.29) is 12.2 Å². The highest BCUT2D eigenvalue weighted by atomic mass is 16.5. The Morgan fingerprint density at radius 2 is 1.82 bits per heavy atom. The van der Waals surface area contributed by atoms with E-state index in [9.17, 15) is 14.7 Å². The molecule has 0 bridgehead atoms. The molecule has 1 aliphatic rings. The predicted molar refractivity (Wildman–Crippen MR) is 125 cm³/mol. The summed E-state index contributed by atoms with van der Waals surface area (Å²) in [5, 5.41) is 12.4. The molecule has 1 aliphatic heterocycles. The first kappa shape index (κ1) is 22.9. The summed E-state index contributed by atoms with van der Waals surface area (Å²) < 4.78 is 16.6. The number of piperidine rings is 1. The highest BCUT2D eigenvalue weighted by molar-refractivity contribution is 5.92. The minimum atomic E-state index is -0.706. The zero-order chi connectivity index (χ0) is 23.4. The number of fused-ring (bicyclic) bond motifs is 1. The van der Waals surface area contributed by atoms with Gasteiger partial charge < -0.3 is 19.0 Å². The van der Waals surface area contributed by atoms with Crippen LogP contribution < -0.4 is 10.2 Å². The molecule has 0 unspecified atom stereocenters. The summed E-state index contributed by atoms with van der Waals surface area (Å²) in [7, 11) is 2.91. The van der Waals surface area contributed by atoms with Crippen LogP contribution in [0.1, 0.15) is 48.7 Å². The quantitative estimate of drug-likeness (QED) is 0.539. The molecular weight excluding hydrogens is 422 g/mol. The van der Waals surface area contributed by atoms with Crippen LogP contribution in [0.15, 0.2) is 51.7 Å². The van der Waals surface area contributed by atoms with E-state index in [4.69, 9.17) is 13.9 Å². The van der Waals surface area contributed by atoms with Crippen LogP contribution in [0, 0.1) is 0 Å². The molecule has 1 atom stereocenters. The Labute approximate surface area is 192 Å². The predicted octanol–water partition coefficient (Wildman–Crippen LogP) is 4.19. The number of ether oxygens (including phenoxy) is 2. The van der Waals surface area contributed by atoms with E-state index in [0.717, 1.165) is 42.3 Å². The summed E-state index contributed by atoms with van der Waals surface area (Å²) in [6.45, 7) is 2.36. The first-order chi connectivity index (χ1) is 16.0. The normalized spacial score (nSPS) is 15.3. The highest BCUT2D eigenvalue weighted by Crippen LogP contribution is 2.39. The minimum absolute atomic E-state index is 0.0789. The van der Waals surface area contributed by atoms with E-state index in [1.807, 2.05) is 36.4 Å². The molecule has 1 fully saturated rings. The van der Waals surface area contributed by atoms with E-state index in [2.05, 4.69) is 4.90 Å². The van der Waals surface area contributed by atoms with Gasteiger partial charge in [-0.15, -0.1) is 0 Å². The van der Waals surface area contributed by atoms with E-state index >= 15 is 0 Å². The second-order valence-corrected chi connectivity index (χ2v) is 8.36. The van der Waals surface area contributed by atoms with Crippen LogP contribution in [0.5, 0.6) is 11.5 Å². The largest absolute Gasteiger partial charge is 0.502 e. The lowest BCUT2D eigenvalue weighted by atomic mass is 9.88. The highest BCUT2D eigenvalue weighted by Gasteiger charge is 2.28. The number of likely N-dealkylation sites (tertiary alicyclic amines) is 1. The molecule has 0 radical (unpaired) electrons. The molecule has 0 amide bonds. The molecule has 2 heterocycles. The van der Waals surface area contributed by atoms with E-state index in [0.29, 0.717) is 18.1 Å². The van der Waals surface area contributed by atoms with Gasteiger partial charge in [0.15, 0.2) is 5.76 Å². The summed E-state index contributed by atoms with van der Waals surface area (Å²) >= 11 is 0. The molecule has 3 aromatic rings. The average molecular weight is 452 g/mol. The number of rotatable bonds is 7. The monoisotopic (exact) mass is 451 g/mol. The Hall–Kier alpha value is -3.32. The summed E-state index contributed by atoms with van der Waals surface area (Å²) in [5.74, 6) is -0.412. The summed E-state index contributed by atoms with van der Waals surface area (Å²) in [6.07, 6.45) is 3.33. The number of esters is 1. The van der Waals surface area contributed by atoms with Crippen LogP contribution in [0.3, 0.4) is 0 Å². The molecule has 7 heteroatoms. The van der Waals surface area contributed by atoms with Gasteiger partial charge in [-0.25, -0.2) is 0 Å². The molecule has 2 aromatic carbocycles. The van der Waals surface area contributed by atoms with E-state index in [1.54, 1.807) is 7.11 Å². The summed E-state index contributed by atoms with van der Waals surface area (Å²) in [5.41, 5.74) is 0.223. The molecule has 174 valence electrons. The number of methoxy groups -OCH3 is 2. The lowest BCUT2D eigenvalue weighted by Gasteiger charge is -2.26. The molecule has 0 spiro atoms. The molecule has 33 heavy (non-hydrogen) atoms. The second-order valence-electron chi connectivity index (χ2n) is 8.36. The maximum absolute atomic E-state index is 12.7. The number of hydrogen-bond acceptors (Lipinski definition) is 7. The third-order valence-electron chi connectivity index (χ3n) is 6.26. The van der Waals surface area contributed by atoms with Crippen molar-refractivity contribution in [3.8, 4) is 11.5 Å². The van der Waals surface area contributed by atoms with Gasteiger partial charge in [0, 0.05) is 11.5 Å². The van der Waals surface area contributed by atoms with Gasteiger partial charge in [0.05, 0.1) is 33.1 Å². The Morgan fingerprint density at radius 3 is 2.52 bits per heavy atom. The average Bonchev–Trinajstić information content (AvgIpc) is 2.84. The van der Waals surface area contributed by atoms with E-state index in [1.165, 1.54) is 19.6 Å². The molecular formula is C26H29NO6. The topological polar surface area (TPSA) is 89.2 Å². The number of carbonyl (C=O) groups excluding carboxylic acids is 1. The zero-order valence-corrected chi connectivity index (χ0v) is 19.0. The van der Waals surface area contributed by atoms with Crippen molar-refractivity contribution in [2.45, 2.75) is 38.1 Å². The van der Waals surface area contributed by atoms with Crippen molar-refractivity contribution in [3.05, 3.63) is 69.8 Å². The van der Waals surface area contributed by atoms with E-state index < -0.39 is 23.1 Å². The fourth-order valence-corrected chi connectivity index (χ4v) is 4.58. The van der Waals surface area contributed by atoms with Gasteiger partial charge in [-0.2, -0.15) is 0 Å². The third kappa shape index (κ3) is 4.88. The fraction of sp³-hybridized carbons (Fsp3) is 0.385. The van der Waals surface area contributed by atoms with Gasteiger partial charge in [-0.05, 0) is 42.9 Å². The van der Waals surface area contributed by atoms with Gasteiger partial charge in [0.1, 0.15) is 11.5 Å². The Morgan fingerprint density at radius 1 is 1.09 bits per heavy atom. The zero-order valence-electron chi connectivity index (χ0n) is 19.0. The first-order valence-corrected chi connectivity index (χ1v) is 11.2. The standard InChI is InChI=1S/C26H29NO6/c1-31-23-11-10-19(18-8-4-5-9-20(18)23)21(15-24(29)32-2)26-25(30)22(28)14-17(33-26)16-27-12-6-3-7-13-27/h4-5,8-11,14,21,30H,3,6-7,12-13,15-16H2,1-2H3/t21-/m1/s1. The van der Waals surface area contributed by atoms with Crippen LogP contribution in [0.2, 0.25) is 0 Å². The maximum atomic E-state index is 12.7. The van der Waals surface area contributed by atoms with Gasteiger partial charge in [0.25, 0.3) is 0 Å². The van der Waals surface area contributed by atoms with Crippen LogP contribution >= 0.6 is 0 Å². The van der Waals surface area contributed by atoms with Crippen molar-refractivity contribution >= 4 is 16.7 Å². The van der Waals surface area contributed by atoms with Crippen LogP contribution in [0.4, 0.5) is 0 Å². The number of carbonyl (C=O) groups is 1. The van der Waals surface area contributed by atoms with Crippen molar-refractivity contribution < 1.29 is 23.8 Å². The molecule has 1 aromatic heterocycles. The van der Waals surface area contributed by atoms with Crippen LogP contribution in [-0.4, -0.2) is 43.3 Å². The van der Waals surface area contributed by atoms with Crippen molar-refractivity contribution in [2.24, 2.45) is 0 Å². The van der Waals surface area contributed by atoms with Crippen molar-refractivity contribution in [1.82, 2.24) is 4.90 Å². The molecule has 7 nitrogen and oxygen atoms in total. The van der Waals surface area contributed by atoms with Crippen LogP contribution in [0.25, 0.3) is 10.8 Å². The first-order valence-electron chi connectivity index (χ1n) is 11.2. The van der Waals surface area contributed by atoms with Crippen molar-refractivity contribution in [1.29, 1.82) is 0 Å². The van der Waals surface area contributed by atoms with Crippen molar-refractivity contribution in [2.75, 3.05) is 27.3 Å². The third-order valence-corrected chi connectivity index (χ3v) is 6.26. The van der Waals surface area contributed by atoms with Crippen LogP contribution in [-0.2, 0) is 16.1 Å². The molecule has 1 N–H and O–H groups in total. The Balaban J connectivity index is 1.84. The SMILES string of the molecule is COC(=O)C[C@@H](c1oc(CN2CCCCC2)cc(=O)c1O)c1ccc(OC)c2ccccc12. The Bertz CT molecular complexity index is 1200. The lowest BCUT2D eigenvalue weighted by molar-refractivity contribution is -0.140. The maximum Gasteiger partial charge on any atom is 0.306 e. The fourth-order valence-electron chi connectivity index (χ4n) is 4.58. The minimum Gasteiger partial charge on any atom is -0.502 e. The summed E-state index contributed by atoms with van der Waals surface area (Å²) in [4.78, 5) is 27.3. The van der Waals surface area contributed by atoms with Gasteiger partial charge in [0.2, 0.25) is 11.2 Å². The Kier molecular flexibility index (Phi) is 6.99. The number of hydrogen-bond donors (Lipinski definition) is 1. The molecule has 1 saturated heterocycles.